The Bertz CT molecular complexity index is 865. The van der Waals surface area contributed by atoms with Gasteiger partial charge in [-0.3, -0.25) is 0 Å². The van der Waals surface area contributed by atoms with Gasteiger partial charge in [-0.05, 0) is 0 Å². The first-order valence-electron chi connectivity index (χ1n) is 10.1. The molecule has 0 atom stereocenters. The molecule has 0 aliphatic rings. The van der Waals surface area contributed by atoms with Gasteiger partial charge in [-0.25, -0.2) is 0 Å². The fourth-order valence-corrected chi connectivity index (χ4v) is 7.36. The molecule has 168 valence electrons. The second-order valence-electron chi connectivity index (χ2n) is 7.46. The molecule has 4 aromatic carbocycles. The normalized spacial score (nSPS) is 9.62. The van der Waals surface area contributed by atoms with Crippen LogP contribution in [0, 0.1) is 27.7 Å². The maximum atomic E-state index is 2.26. The Labute approximate surface area is 234 Å². The van der Waals surface area contributed by atoms with E-state index in [0.717, 1.165) is 0 Å². The Morgan fingerprint density at radius 2 is 0.469 bits per heavy atom. The number of aryl methyl sites for hydroxylation is 4. The third-order valence-corrected chi connectivity index (χ3v) is 10.4. The van der Waals surface area contributed by atoms with E-state index >= 15 is 0 Å². The zero-order chi connectivity index (χ0) is 21.3. The summed E-state index contributed by atoms with van der Waals surface area (Å²) in [7, 11) is 0. The summed E-state index contributed by atoms with van der Waals surface area (Å²) in [6.45, 7) is 8.54. The van der Waals surface area contributed by atoms with Gasteiger partial charge < -0.3 is 34.0 Å². The van der Waals surface area contributed by atoms with Gasteiger partial charge in [-0.1, -0.05) is 0 Å². The Hall–Kier alpha value is -0.581. The minimum Gasteiger partial charge on any atom is -1.00 e. The van der Waals surface area contributed by atoms with E-state index in [-0.39, 0.29) is 75.8 Å². The second kappa shape index (κ2) is 15.3. The number of hydrogen-bond donors (Lipinski definition) is 0. The summed E-state index contributed by atoms with van der Waals surface area (Å²) in [5, 5.41) is 0. The minimum atomic E-state index is -0.183. The average Bonchev–Trinajstić information content (AvgIpc) is 2.75. The molecule has 0 fully saturated rings. The van der Waals surface area contributed by atoms with Gasteiger partial charge in [-0.15, -0.1) is 0 Å². The van der Waals surface area contributed by atoms with Crippen LogP contribution in [-0.4, -0.2) is 41.8 Å². The van der Waals surface area contributed by atoms with E-state index in [2.05, 4.69) is 125 Å². The molecule has 0 N–H and O–H groups in total. The molecule has 0 unspecified atom stereocenters. The van der Waals surface area contributed by atoms with E-state index in [4.69, 9.17) is 0 Å². The molecule has 0 saturated heterocycles. The van der Waals surface area contributed by atoms with Crippen molar-refractivity contribution in [1.82, 2.24) is 0 Å². The third-order valence-electron chi connectivity index (χ3n) is 4.56. The molecule has 0 amide bonds. The molecule has 32 heavy (non-hydrogen) atoms. The summed E-state index contributed by atoms with van der Waals surface area (Å²) in [6, 6.07) is 35.7. The van der Waals surface area contributed by atoms with Gasteiger partial charge in [-0.2, -0.15) is 0 Å². The van der Waals surface area contributed by atoms with Crippen LogP contribution in [0.5, 0.6) is 0 Å². The maximum absolute atomic E-state index is 2.26. The summed E-state index contributed by atoms with van der Waals surface area (Å²) in [4.78, 5) is 0. The SMILES string of the molecule is Cc1ccc([Te]c2ccc(C)cc2)cc1.Cc1ccc([Te]c2ccc(C)cc2)cc1.[Br-].[Br-]. The molecule has 0 aromatic heterocycles. The van der Waals surface area contributed by atoms with Crippen LogP contribution >= 0.6 is 0 Å². The van der Waals surface area contributed by atoms with E-state index in [1.165, 1.54) is 36.7 Å². The van der Waals surface area contributed by atoms with Crippen molar-refractivity contribution < 1.29 is 34.0 Å². The van der Waals surface area contributed by atoms with Crippen LogP contribution < -0.4 is 48.4 Å². The zero-order valence-electron chi connectivity index (χ0n) is 18.8. The summed E-state index contributed by atoms with van der Waals surface area (Å²) in [5.41, 5.74) is 5.37. The topological polar surface area (TPSA) is 0 Å². The first-order chi connectivity index (χ1) is 14.5. The molecular weight excluding hydrogens is 751 g/mol. The van der Waals surface area contributed by atoms with E-state index in [9.17, 15) is 0 Å². The first-order valence-corrected chi connectivity index (χ1v) is 14.8. The summed E-state index contributed by atoms with van der Waals surface area (Å²) in [5.74, 6) is 0. The second-order valence-corrected chi connectivity index (χ2v) is 14.0. The largest absolute Gasteiger partial charge is 1.00 e. The van der Waals surface area contributed by atoms with Crippen LogP contribution in [0.1, 0.15) is 22.3 Å². The molecule has 4 heteroatoms. The van der Waals surface area contributed by atoms with Crippen molar-refractivity contribution in [2.75, 3.05) is 0 Å². The molecular formula is C28H28Br2Te2-2. The van der Waals surface area contributed by atoms with Gasteiger partial charge in [0.1, 0.15) is 0 Å². The molecule has 0 heterocycles. The van der Waals surface area contributed by atoms with Gasteiger partial charge in [0, 0.05) is 0 Å². The van der Waals surface area contributed by atoms with Gasteiger partial charge in [0.15, 0.2) is 0 Å². The van der Waals surface area contributed by atoms with Crippen molar-refractivity contribution in [1.29, 1.82) is 0 Å². The summed E-state index contributed by atoms with van der Waals surface area (Å²) < 4.78 is 6.04. The number of rotatable bonds is 4. The molecule has 0 aliphatic heterocycles. The van der Waals surface area contributed by atoms with Crippen molar-refractivity contribution in [2.45, 2.75) is 27.7 Å². The molecule has 4 rings (SSSR count). The predicted octanol–water partition coefficient (Wildman–Crippen LogP) is -2.08. The van der Waals surface area contributed by atoms with Crippen molar-refractivity contribution in [3.63, 3.8) is 0 Å². The standard InChI is InChI=1S/2C14H14Te.2BrH/c2*1-11-3-7-13(8-4-11)15-14-9-5-12(2)6-10-14;;/h2*3-10H,1-2H3;2*1H/p-2. The average molecular weight is 780 g/mol. The molecule has 4 aromatic rings. The fourth-order valence-electron chi connectivity index (χ4n) is 2.70. The Balaban J connectivity index is 0.000000301. The summed E-state index contributed by atoms with van der Waals surface area (Å²) >= 11 is -0.367. The first kappa shape index (κ1) is 29.5. The van der Waals surface area contributed by atoms with E-state index in [0.29, 0.717) is 0 Å². The molecule has 0 radical (unpaired) electrons. The number of benzene rings is 4. The van der Waals surface area contributed by atoms with Gasteiger partial charge >= 0.3 is 203 Å². The van der Waals surface area contributed by atoms with Crippen molar-refractivity contribution in [3.8, 4) is 0 Å². The van der Waals surface area contributed by atoms with Gasteiger partial charge in [0.25, 0.3) is 0 Å². The summed E-state index contributed by atoms with van der Waals surface area (Å²) in [6.07, 6.45) is 0. The quantitative estimate of drug-likeness (QED) is 0.209. The molecule has 0 aliphatic carbocycles. The molecule has 0 saturated carbocycles. The van der Waals surface area contributed by atoms with Crippen LogP contribution in [-0.2, 0) is 0 Å². The number of halogens is 2. The van der Waals surface area contributed by atoms with Crippen LogP contribution in [0.15, 0.2) is 97.1 Å². The van der Waals surface area contributed by atoms with Gasteiger partial charge in [0.2, 0.25) is 0 Å². The minimum absolute atomic E-state index is 0. The molecule has 0 nitrogen and oxygen atoms in total. The van der Waals surface area contributed by atoms with Crippen LogP contribution in [0.25, 0.3) is 0 Å². The Morgan fingerprint density at radius 1 is 0.312 bits per heavy atom. The maximum Gasteiger partial charge on any atom is -1.00 e. The number of hydrogen-bond acceptors (Lipinski definition) is 0. The van der Waals surface area contributed by atoms with E-state index in [1.54, 1.807) is 0 Å². The van der Waals surface area contributed by atoms with Crippen molar-refractivity contribution in [2.24, 2.45) is 0 Å². The third kappa shape index (κ3) is 10.6. The molecule has 0 bridgehead atoms. The zero-order valence-corrected chi connectivity index (χ0v) is 26.6. The van der Waals surface area contributed by atoms with E-state index in [1.807, 2.05) is 0 Å². The van der Waals surface area contributed by atoms with E-state index < -0.39 is 0 Å². The van der Waals surface area contributed by atoms with Crippen LogP contribution in [0.3, 0.4) is 0 Å². The fraction of sp³-hybridized carbons (Fsp3) is 0.143. The van der Waals surface area contributed by atoms with Crippen LogP contribution in [0.2, 0.25) is 0 Å². The Kier molecular flexibility index (Phi) is 14.1. The predicted molar refractivity (Wildman–Crippen MR) is 135 cm³/mol. The molecule has 0 spiro atoms. The van der Waals surface area contributed by atoms with Crippen molar-refractivity contribution >= 4 is 56.3 Å². The van der Waals surface area contributed by atoms with Gasteiger partial charge in [0.05, 0.1) is 0 Å². The smallest absolute Gasteiger partial charge is 1.00 e. The Morgan fingerprint density at radius 3 is 0.625 bits per heavy atom. The van der Waals surface area contributed by atoms with Crippen LogP contribution in [0.4, 0.5) is 0 Å². The monoisotopic (exact) mass is 782 g/mol. The van der Waals surface area contributed by atoms with Crippen molar-refractivity contribution in [3.05, 3.63) is 119 Å².